The molecule has 0 saturated heterocycles. The van der Waals surface area contributed by atoms with E-state index in [1.165, 1.54) is 61.1 Å². The summed E-state index contributed by atoms with van der Waals surface area (Å²) >= 11 is 0. The quantitative estimate of drug-likeness (QED) is 0.201. The monoisotopic (exact) mass is 555 g/mol. The number of hydrogen-bond acceptors (Lipinski definition) is 2. The number of allylic oxidation sites excluding steroid dienone is 3. The number of benzene rings is 5. The molecule has 0 unspecified atom stereocenters. The lowest BCUT2D eigenvalue weighted by Crippen LogP contribution is -2.38. The maximum absolute atomic E-state index is 4.64. The van der Waals surface area contributed by atoms with Crippen molar-refractivity contribution in [2.24, 2.45) is 0 Å². The van der Waals surface area contributed by atoms with Crippen LogP contribution in [0, 0.1) is 0 Å². The van der Waals surface area contributed by atoms with Crippen LogP contribution in [0.4, 0.5) is 17.1 Å². The van der Waals surface area contributed by atoms with Gasteiger partial charge in [0.1, 0.15) is 6.17 Å². The van der Waals surface area contributed by atoms with E-state index in [0.29, 0.717) is 0 Å². The van der Waals surface area contributed by atoms with Crippen molar-refractivity contribution >= 4 is 38.9 Å². The van der Waals surface area contributed by atoms with Gasteiger partial charge in [0.25, 0.3) is 0 Å². The second-order valence-corrected chi connectivity index (χ2v) is 11.6. The van der Waals surface area contributed by atoms with Gasteiger partial charge < -0.3 is 14.4 Å². The fraction of sp³-hybridized carbons (Fsp3) is 0.100. The third-order valence-electron chi connectivity index (χ3n) is 9.47. The summed E-state index contributed by atoms with van der Waals surface area (Å²) in [7, 11) is 0. The van der Waals surface area contributed by atoms with Gasteiger partial charge in [-0.3, -0.25) is 0 Å². The van der Waals surface area contributed by atoms with E-state index in [9.17, 15) is 0 Å². The molecule has 208 valence electrons. The van der Waals surface area contributed by atoms with E-state index >= 15 is 0 Å². The first-order valence-electron chi connectivity index (χ1n) is 14.9. The van der Waals surface area contributed by atoms with Crippen LogP contribution < -0.4 is 9.80 Å². The largest absolute Gasteiger partial charge is 0.319 e. The lowest BCUT2D eigenvalue weighted by atomic mass is 9.95. The maximum Gasteiger partial charge on any atom is 0.108 e. The van der Waals surface area contributed by atoms with Gasteiger partial charge in [-0.2, -0.15) is 0 Å². The predicted molar refractivity (Wildman–Crippen MR) is 183 cm³/mol. The standard InChI is InChI=1S/C40H33N3/c1-6-25(2)26(3)27(4)41-28(5)42-35-21-10-7-15-29(35)32-18-13-19-33-30-16-8-11-22-36(30)43(39(32)33)37-23-12-9-17-31(37)34-20-14-24-38(41)40(34)42/h6-24,28H,1,4H2,2-3,5H3/b26-25-/t28-/m1/s1. The van der Waals surface area contributed by atoms with Crippen LogP contribution in [0.15, 0.2) is 145 Å². The molecule has 3 heterocycles. The van der Waals surface area contributed by atoms with E-state index < -0.39 is 0 Å². The summed E-state index contributed by atoms with van der Waals surface area (Å²) in [4.78, 5) is 4.92. The zero-order valence-electron chi connectivity index (χ0n) is 24.8. The van der Waals surface area contributed by atoms with Gasteiger partial charge in [-0.05, 0) is 56.2 Å². The van der Waals surface area contributed by atoms with Crippen LogP contribution in [-0.2, 0) is 0 Å². The van der Waals surface area contributed by atoms with Crippen molar-refractivity contribution in [2.45, 2.75) is 26.9 Å². The fourth-order valence-electron chi connectivity index (χ4n) is 7.25. The van der Waals surface area contributed by atoms with E-state index in [-0.39, 0.29) is 6.17 Å². The molecular weight excluding hydrogens is 522 g/mol. The number of fused-ring (bicyclic) bond motifs is 9. The first-order chi connectivity index (χ1) is 21.0. The average Bonchev–Trinajstić information content (AvgIpc) is 3.55. The van der Waals surface area contributed by atoms with Gasteiger partial charge in [0.15, 0.2) is 0 Å². The third kappa shape index (κ3) is 3.42. The van der Waals surface area contributed by atoms with Crippen molar-refractivity contribution in [1.82, 2.24) is 4.57 Å². The molecule has 0 spiro atoms. The molecule has 2 aliphatic rings. The number of aromatic nitrogens is 1. The fourth-order valence-corrected chi connectivity index (χ4v) is 7.25. The van der Waals surface area contributed by atoms with E-state index in [2.05, 4.69) is 157 Å². The molecule has 3 heteroatoms. The van der Waals surface area contributed by atoms with E-state index in [1.54, 1.807) is 0 Å². The van der Waals surface area contributed by atoms with Crippen molar-refractivity contribution < 1.29 is 0 Å². The molecule has 0 saturated carbocycles. The molecule has 0 radical (unpaired) electrons. The normalized spacial score (nSPS) is 15.6. The second-order valence-electron chi connectivity index (χ2n) is 11.6. The Balaban J connectivity index is 1.56. The summed E-state index contributed by atoms with van der Waals surface area (Å²) in [6.07, 6.45) is 1.91. The SMILES string of the molecule is C=C/C(C)=C(/C)C(=C)N1c2cccc3c2N(c2ccccc2-c2cccc4c5ccccc5n(c24)-c2ccccc2-3)[C@@H]1C. The average molecular weight is 556 g/mol. The van der Waals surface area contributed by atoms with Crippen LogP contribution >= 0.6 is 0 Å². The Morgan fingerprint density at radius 3 is 2.02 bits per heavy atom. The number of para-hydroxylation sites is 5. The lowest BCUT2D eigenvalue weighted by Gasteiger charge is -2.34. The molecule has 2 aliphatic heterocycles. The highest BCUT2D eigenvalue weighted by Gasteiger charge is 2.39. The summed E-state index contributed by atoms with van der Waals surface area (Å²) in [5, 5.41) is 2.52. The van der Waals surface area contributed by atoms with Crippen molar-refractivity contribution in [1.29, 1.82) is 0 Å². The van der Waals surface area contributed by atoms with Crippen LogP contribution in [0.3, 0.4) is 0 Å². The summed E-state index contributed by atoms with van der Waals surface area (Å²) in [5.41, 5.74) is 15.3. The van der Waals surface area contributed by atoms with Gasteiger partial charge in [0, 0.05) is 38.7 Å². The minimum absolute atomic E-state index is 0.00554. The van der Waals surface area contributed by atoms with Crippen molar-refractivity contribution in [3.63, 3.8) is 0 Å². The topological polar surface area (TPSA) is 11.4 Å². The summed E-state index contributed by atoms with van der Waals surface area (Å²) in [5.74, 6) is 0. The molecule has 6 aromatic rings. The van der Waals surface area contributed by atoms with Gasteiger partial charge in [0.05, 0.1) is 33.8 Å². The Morgan fingerprint density at radius 2 is 1.23 bits per heavy atom. The van der Waals surface area contributed by atoms with Gasteiger partial charge >= 0.3 is 0 Å². The molecular formula is C40H33N3. The van der Waals surface area contributed by atoms with E-state index in [4.69, 9.17) is 0 Å². The maximum atomic E-state index is 4.64. The summed E-state index contributed by atoms with van der Waals surface area (Å²) in [6.45, 7) is 15.2. The minimum Gasteiger partial charge on any atom is -0.319 e. The highest BCUT2D eigenvalue weighted by atomic mass is 15.4. The van der Waals surface area contributed by atoms with Crippen LogP contribution in [0.1, 0.15) is 20.8 Å². The molecule has 1 atom stereocenters. The lowest BCUT2D eigenvalue weighted by molar-refractivity contribution is 0.738. The van der Waals surface area contributed by atoms with E-state index in [1.807, 2.05) is 6.08 Å². The smallest absolute Gasteiger partial charge is 0.108 e. The molecule has 0 amide bonds. The number of nitrogens with zero attached hydrogens (tertiary/aromatic N) is 3. The highest BCUT2D eigenvalue weighted by Crippen LogP contribution is 2.55. The summed E-state index contributed by atoms with van der Waals surface area (Å²) in [6, 6.07) is 40.0. The number of anilines is 3. The van der Waals surface area contributed by atoms with Crippen LogP contribution in [0.5, 0.6) is 0 Å². The zero-order chi connectivity index (χ0) is 29.4. The molecule has 0 fully saturated rings. The second kappa shape index (κ2) is 9.37. The minimum atomic E-state index is -0.00554. The molecule has 8 rings (SSSR count). The van der Waals surface area contributed by atoms with Gasteiger partial charge in [0.2, 0.25) is 0 Å². The van der Waals surface area contributed by atoms with Crippen molar-refractivity contribution in [3.8, 4) is 27.9 Å². The van der Waals surface area contributed by atoms with Crippen molar-refractivity contribution in [2.75, 3.05) is 9.80 Å². The predicted octanol–water partition coefficient (Wildman–Crippen LogP) is 10.8. The number of rotatable bonds is 3. The van der Waals surface area contributed by atoms with E-state index in [0.717, 1.165) is 22.5 Å². The van der Waals surface area contributed by atoms with Gasteiger partial charge in [-0.25, -0.2) is 0 Å². The van der Waals surface area contributed by atoms with Crippen LogP contribution in [0.2, 0.25) is 0 Å². The molecule has 1 aromatic heterocycles. The summed E-state index contributed by atoms with van der Waals surface area (Å²) < 4.78 is 2.48. The third-order valence-corrected chi connectivity index (χ3v) is 9.47. The first-order valence-corrected chi connectivity index (χ1v) is 14.9. The Kier molecular flexibility index (Phi) is 5.54. The Morgan fingerprint density at radius 1 is 0.651 bits per heavy atom. The molecule has 43 heavy (non-hydrogen) atoms. The molecule has 3 nitrogen and oxygen atoms in total. The number of hydrogen-bond donors (Lipinski definition) is 0. The molecule has 0 aliphatic carbocycles. The van der Waals surface area contributed by atoms with Crippen LogP contribution in [-0.4, -0.2) is 10.7 Å². The first kappa shape index (κ1) is 25.4. The highest BCUT2D eigenvalue weighted by molar-refractivity contribution is 6.16. The van der Waals surface area contributed by atoms with Gasteiger partial charge in [-0.15, -0.1) is 0 Å². The molecule has 0 N–H and O–H groups in total. The Bertz CT molecular complexity index is 2180. The zero-order valence-corrected chi connectivity index (χ0v) is 24.8. The van der Waals surface area contributed by atoms with Crippen LogP contribution in [0.25, 0.3) is 49.7 Å². The Hall–Kier alpha value is -5.28. The molecule has 0 bridgehead atoms. The Labute approximate surface area is 252 Å². The molecule has 5 aromatic carbocycles. The van der Waals surface area contributed by atoms with Crippen molar-refractivity contribution in [3.05, 3.63) is 145 Å². The van der Waals surface area contributed by atoms with Gasteiger partial charge in [-0.1, -0.05) is 104 Å².